The molecule has 1 aromatic heterocycles. The summed E-state index contributed by atoms with van der Waals surface area (Å²) < 4.78 is 10.6. The standard InChI is InChI=1S/C21H22O4/c1-3-5-6-9-14-12-17-15-10-7-8-11-19(15)25-21(23)18(17)13-16(14)20(22)24-4-2/h7-8,10-13H,3-6,9H2,1-2H3. The number of unbranched alkanes of at least 4 members (excludes halogenated alkanes) is 2. The minimum absolute atomic E-state index is 0.303. The predicted molar refractivity (Wildman–Crippen MR) is 99.2 cm³/mol. The Kier molecular flexibility index (Phi) is 5.17. The molecule has 0 spiro atoms. The van der Waals surface area contributed by atoms with Gasteiger partial charge in [-0.15, -0.1) is 0 Å². The Bertz CT molecular complexity index is 969. The van der Waals surface area contributed by atoms with Crippen molar-refractivity contribution >= 4 is 27.7 Å². The van der Waals surface area contributed by atoms with Gasteiger partial charge < -0.3 is 9.15 Å². The van der Waals surface area contributed by atoms with Crippen LogP contribution in [0.3, 0.4) is 0 Å². The molecule has 0 radical (unpaired) electrons. The van der Waals surface area contributed by atoms with Gasteiger partial charge in [0.05, 0.1) is 17.6 Å². The molecule has 0 unspecified atom stereocenters. The first-order chi connectivity index (χ1) is 12.2. The Hall–Kier alpha value is -2.62. The molecule has 2 aromatic carbocycles. The van der Waals surface area contributed by atoms with Crippen molar-refractivity contribution < 1.29 is 13.9 Å². The molecule has 0 aliphatic carbocycles. The molecular formula is C21H22O4. The normalized spacial score (nSPS) is 11.1. The highest BCUT2D eigenvalue weighted by Gasteiger charge is 2.17. The van der Waals surface area contributed by atoms with Gasteiger partial charge in [-0.3, -0.25) is 0 Å². The summed E-state index contributed by atoms with van der Waals surface area (Å²) in [7, 11) is 0. The molecule has 0 atom stereocenters. The van der Waals surface area contributed by atoms with Crippen molar-refractivity contribution in [3.63, 3.8) is 0 Å². The van der Waals surface area contributed by atoms with Crippen molar-refractivity contribution in [3.05, 3.63) is 57.9 Å². The maximum Gasteiger partial charge on any atom is 0.344 e. The first kappa shape index (κ1) is 17.2. The van der Waals surface area contributed by atoms with E-state index in [0.717, 1.165) is 42.0 Å². The van der Waals surface area contributed by atoms with Crippen LogP contribution in [0.2, 0.25) is 0 Å². The van der Waals surface area contributed by atoms with Crippen molar-refractivity contribution in [3.8, 4) is 0 Å². The van der Waals surface area contributed by atoms with Crippen LogP contribution in [0.1, 0.15) is 49.0 Å². The molecule has 0 fully saturated rings. The van der Waals surface area contributed by atoms with E-state index in [1.807, 2.05) is 24.3 Å². The quantitative estimate of drug-likeness (QED) is 0.279. The van der Waals surface area contributed by atoms with Gasteiger partial charge in [0.1, 0.15) is 5.58 Å². The van der Waals surface area contributed by atoms with Crippen LogP contribution in [0.4, 0.5) is 0 Å². The lowest BCUT2D eigenvalue weighted by Gasteiger charge is -2.11. The van der Waals surface area contributed by atoms with Crippen LogP contribution in [0.25, 0.3) is 21.7 Å². The highest BCUT2D eigenvalue weighted by Crippen LogP contribution is 2.27. The van der Waals surface area contributed by atoms with E-state index in [1.165, 1.54) is 0 Å². The molecule has 4 nitrogen and oxygen atoms in total. The summed E-state index contributed by atoms with van der Waals surface area (Å²) in [6.45, 7) is 4.22. The summed E-state index contributed by atoms with van der Waals surface area (Å²) in [5, 5.41) is 2.12. The maximum atomic E-state index is 12.4. The first-order valence-corrected chi connectivity index (χ1v) is 8.81. The molecule has 4 heteroatoms. The fraction of sp³-hybridized carbons (Fsp3) is 0.333. The van der Waals surface area contributed by atoms with Gasteiger partial charge in [0, 0.05) is 10.8 Å². The number of esters is 1. The molecule has 0 aliphatic rings. The Balaban J connectivity index is 2.24. The summed E-state index contributed by atoms with van der Waals surface area (Å²) in [5.74, 6) is -0.386. The third-order valence-corrected chi connectivity index (χ3v) is 4.39. The number of benzene rings is 2. The average molecular weight is 338 g/mol. The van der Waals surface area contributed by atoms with Crippen molar-refractivity contribution in [2.75, 3.05) is 6.61 Å². The zero-order valence-electron chi connectivity index (χ0n) is 14.6. The second-order valence-electron chi connectivity index (χ2n) is 6.12. The van der Waals surface area contributed by atoms with Gasteiger partial charge in [-0.1, -0.05) is 38.0 Å². The fourth-order valence-corrected chi connectivity index (χ4v) is 3.14. The van der Waals surface area contributed by atoms with Crippen molar-refractivity contribution in [1.29, 1.82) is 0 Å². The summed E-state index contributed by atoms with van der Waals surface area (Å²) >= 11 is 0. The zero-order chi connectivity index (χ0) is 17.8. The largest absolute Gasteiger partial charge is 0.462 e. The van der Waals surface area contributed by atoms with E-state index in [0.29, 0.717) is 23.1 Å². The van der Waals surface area contributed by atoms with E-state index in [2.05, 4.69) is 6.92 Å². The zero-order valence-corrected chi connectivity index (χ0v) is 14.6. The van der Waals surface area contributed by atoms with Crippen LogP contribution in [0, 0.1) is 0 Å². The maximum absolute atomic E-state index is 12.4. The molecule has 0 bridgehead atoms. The lowest BCUT2D eigenvalue weighted by molar-refractivity contribution is 0.0525. The molecule has 25 heavy (non-hydrogen) atoms. The number of aryl methyl sites for hydroxylation is 1. The van der Waals surface area contributed by atoms with Crippen LogP contribution < -0.4 is 5.63 Å². The summed E-state index contributed by atoms with van der Waals surface area (Å²) in [4.78, 5) is 24.7. The molecule has 0 aliphatic heterocycles. The second kappa shape index (κ2) is 7.51. The molecule has 0 amide bonds. The molecule has 3 rings (SSSR count). The summed E-state index contributed by atoms with van der Waals surface area (Å²) in [6, 6.07) is 11.1. The molecule has 0 N–H and O–H groups in total. The molecular weight excluding hydrogens is 316 g/mol. The van der Waals surface area contributed by atoms with Crippen molar-refractivity contribution in [2.24, 2.45) is 0 Å². The number of hydrogen-bond acceptors (Lipinski definition) is 4. The summed E-state index contributed by atoms with van der Waals surface area (Å²) in [6.07, 6.45) is 3.98. The molecule has 3 aromatic rings. The van der Waals surface area contributed by atoms with Gasteiger partial charge in [0.15, 0.2) is 0 Å². The van der Waals surface area contributed by atoms with Gasteiger partial charge in [-0.05, 0) is 43.5 Å². The lowest BCUT2D eigenvalue weighted by Crippen LogP contribution is -2.10. The minimum atomic E-state index is -0.431. The van der Waals surface area contributed by atoms with E-state index in [4.69, 9.17) is 9.15 Å². The van der Waals surface area contributed by atoms with Gasteiger partial charge in [-0.2, -0.15) is 0 Å². The number of carbonyl (C=O) groups excluding carboxylic acids is 1. The SMILES string of the molecule is CCCCCc1cc2c(cc1C(=O)OCC)c(=O)oc1ccccc12. The summed E-state index contributed by atoms with van der Waals surface area (Å²) in [5.41, 5.74) is 1.52. The van der Waals surface area contributed by atoms with Crippen molar-refractivity contribution in [2.45, 2.75) is 39.5 Å². The monoisotopic (exact) mass is 338 g/mol. The van der Waals surface area contributed by atoms with Gasteiger partial charge in [-0.25, -0.2) is 9.59 Å². The van der Waals surface area contributed by atoms with Gasteiger partial charge in [0.2, 0.25) is 0 Å². The number of rotatable bonds is 6. The van der Waals surface area contributed by atoms with Crippen LogP contribution in [-0.4, -0.2) is 12.6 Å². The number of carbonyl (C=O) groups is 1. The Morgan fingerprint density at radius 2 is 1.84 bits per heavy atom. The molecule has 1 heterocycles. The highest BCUT2D eigenvalue weighted by atomic mass is 16.5. The van der Waals surface area contributed by atoms with E-state index < -0.39 is 5.63 Å². The second-order valence-corrected chi connectivity index (χ2v) is 6.12. The average Bonchev–Trinajstić information content (AvgIpc) is 2.62. The van der Waals surface area contributed by atoms with Crippen LogP contribution >= 0.6 is 0 Å². The third kappa shape index (κ3) is 3.43. The Labute approximate surface area is 146 Å². The smallest absolute Gasteiger partial charge is 0.344 e. The predicted octanol–water partition coefficient (Wildman–Crippen LogP) is 4.86. The van der Waals surface area contributed by atoms with Crippen LogP contribution in [-0.2, 0) is 11.2 Å². The number of fused-ring (bicyclic) bond motifs is 3. The third-order valence-electron chi connectivity index (χ3n) is 4.39. The Morgan fingerprint density at radius 1 is 1.04 bits per heavy atom. The number of ether oxygens (including phenoxy) is 1. The van der Waals surface area contributed by atoms with Crippen LogP contribution in [0.15, 0.2) is 45.6 Å². The van der Waals surface area contributed by atoms with E-state index in [1.54, 1.807) is 19.1 Å². The minimum Gasteiger partial charge on any atom is -0.462 e. The molecule has 130 valence electrons. The van der Waals surface area contributed by atoms with E-state index in [-0.39, 0.29) is 5.97 Å². The van der Waals surface area contributed by atoms with Crippen molar-refractivity contribution in [1.82, 2.24) is 0 Å². The van der Waals surface area contributed by atoms with Gasteiger partial charge in [0.25, 0.3) is 0 Å². The van der Waals surface area contributed by atoms with E-state index >= 15 is 0 Å². The topological polar surface area (TPSA) is 56.5 Å². The fourth-order valence-electron chi connectivity index (χ4n) is 3.14. The lowest BCUT2D eigenvalue weighted by atomic mass is 9.96. The van der Waals surface area contributed by atoms with Crippen LogP contribution in [0.5, 0.6) is 0 Å². The molecule has 0 saturated carbocycles. The first-order valence-electron chi connectivity index (χ1n) is 8.81. The Morgan fingerprint density at radius 3 is 2.60 bits per heavy atom. The van der Waals surface area contributed by atoms with E-state index in [9.17, 15) is 9.59 Å². The highest BCUT2D eigenvalue weighted by molar-refractivity contribution is 6.07. The molecule has 0 saturated heterocycles. The number of hydrogen-bond donors (Lipinski definition) is 0. The number of para-hydroxylation sites is 1. The van der Waals surface area contributed by atoms with Gasteiger partial charge >= 0.3 is 11.6 Å².